The predicted molar refractivity (Wildman–Crippen MR) is 116 cm³/mol. The lowest BCUT2D eigenvalue weighted by Crippen LogP contribution is -2.31. The fourth-order valence-corrected chi connectivity index (χ4v) is 4.33. The van der Waals surface area contributed by atoms with E-state index in [1.165, 1.54) is 10.1 Å². The van der Waals surface area contributed by atoms with Gasteiger partial charge in [-0.05, 0) is 40.3 Å². The molecule has 152 valence electrons. The van der Waals surface area contributed by atoms with E-state index in [2.05, 4.69) is 23.2 Å². The Morgan fingerprint density at radius 1 is 1.10 bits per heavy atom. The summed E-state index contributed by atoms with van der Waals surface area (Å²) < 4.78 is 7.53. The van der Waals surface area contributed by atoms with Gasteiger partial charge in [0, 0.05) is 22.0 Å². The molecule has 4 aromatic rings. The molecular weight excluding hydrogens is 398 g/mol. The van der Waals surface area contributed by atoms with Crippen LogP contribution in [0.5, 0.6) is 0 Å². The molecular formula is C23H21N3O3S. The minimum Gasteiger partial charge on any atom is -0.363 e. The van der Waals surface area contributed by atoms with Gasteiger partial charge >= 0.3 is 6.03 Å². The highest BCUT2D eigenvalue weighted by Gasteiger charge is 2.18. The molecule has 0 radical (unpaired) electrons. The average molecular weight is 420 g/mol. The van der Waals surface area contributed by atoms with E-state index in [0.29, 0.717) is 11.7 Å². The number of benzene rings is 2. The van der Waals surface area contributed by atoms with E-state index in [9.17, 15) is 10.0 Å². The summed E-state index contributed by atoms with van der Waals surface area (Å²) in [4.78, 5) is 16.3. The summed E-state index contributed by atoms with van der Waals surface area (Å²) in [5.74, 6) is 0. The maximum absolute atomic E-state index is 11.0. The first-order chi connectivity index (χ1) is 14.6. The number of primary amides is 1. The van der Waals surface area contributed by atoms with Crippen LogP contribution in [0.2, 0.25) is 0 Å². The first-order valence-electron chi connectivity index (χ1n) is 9.44. The van der Waals surface area contributed by atoms with Gasteiger partial charge in [-0.25, -0.2) is 9.86 Å². The third kappa shape index (κ3) is 4.65. The molecule has 0 aliphatic carbocycles. The van der Waals surface area contributed by atoms with Crippen LogP contribution < -0.4 is 5.73 Å². The maximum Gasteiger partial charge on any atom is 0.338 e. The molecule has 1 unspecified atom stereocenters. The average Bonchev–Trinajstić information content (AvgIpc) is 3.19. The van der Waals surface area contributed by atoms with Crippen molar-refractivity contribution in [2.75, 3.05) is 0 Å². The number of urea groups is 1. The Balaban J connectivity index is 1.61. The van der Waals surface area contributed by atoms with Crippen molar-refractivity contribution in [3.8, 4) is 0 Å². The molecule has 6 nitrogen and oxygen atoms in total. The van der Waals surface area contributed by atoms with Crippen molar-refractivity contribution in [1.29, 1.82) is 0 Å². The third-order valence-corrected chi connectivity index (χ3v) is 5.87. The molecule has 0 bridgehead atoms. The number of fused-ring (bicyclic) bond motifs is 1. The van der Waals surface area contributed by atoms with E-state index in [-0.39, 0.29) is 12.6 Å². The number of carbonyl (C=O) groups excluding carboxylic acids is 1. The lowest BCUT2D eigenvalue weighted by Gasteiger charge is -2.18. The van der Waals surface area contributed by atoms with E-state index in [1.807, 2.05) is 48.5 Å². The fraction of sp³-hybridized carbons (Fsp3) is 0.130. The van der Waals surface area contributed by atoms with Gasteiger partial charge in [0.15, 0.2) is 0 Å². The van der Waals surface area contributed by atoms with E-state index in [1.54, 1.807) is 23.7 Å². The fourth-order valence-electron chi connectivity index (χ4n) is 3.19. The number of nitrogens with two attached hydrogens (primary N) is 1. The molecule has 0 saturated heterocycles. The Morgan fingerprint density at radius 2 is 1.90 bits per heavy atom. The molecule has 0 aliphatic heterocycles. The van der Waals surface area contributed by atoms with Gasteiger partial charge in [-0.15, -0.1) is 11.3 Å². The quantitative estimate of drug-likeness (QED) is 0.330. The Hall–Kier alpha value is -3.26. The molecule has 30 heavy (non-hydrogen) atoms. The van der Waals surface area contributed by atoms with E-state index in [4.69, 9.17) is 10.5 Å². The van der Waals surface area contributed by atoms with Crippen molar-refractivity contribution >= 4 is 27.5 Å². The van der Waals surface area contributed by atoms with Gasteiger partial charge < -0.3 is 10.5 Å². The lowest BCUT2D eigenvalue weighted by molar-refractivity contribution is -0.0470. The highest BCUT2D eigenvalue weighted by atomic mass is 32.1. The van der Waals surface area contributed by atoms with Gasteiger partial charge in [-0.1, -0.05) is 48.5 Å². The highest BCUT2D eigenvalue weighted by Crippen LogP contribution is 2.36. The van der Waals surface area contributed by atoms with E-state index in [0.717, 1.165) is 21.6 Å². The second-order valence-electron chi connectivity index (χ2n) is 6.88. The van der Waals surface area contributed by atoms with Crippen LogP contribution in [-0.2, 0) is 17.9 Å². The van der Waals surface area contributed by atoms with Gasteiger partial charge in [-0.3, -0.25) is 10.2 Å². The molecule has 2 amide bonds. The molecule has 0 saturated carbocycles. The molecule has 2 aromatic carbocycles. The lowest BCUT2D eigenvalue weighted by atomic mass is 10.0. The second kappa shape index (κ2) is 9.04. The van der Waals surface area contributed by atoms with Gasteiger partial charge in [0.2, 0.25) is 0 Å². The Kier molecular flexibility index (Phi) is 6.04. The van der Waals surface area contributed by atoms with Crippen molar-refractivity contribution in [1.82, 2.24) is 10.0 Å². The number of hydrogen-bond acceptors (Lipinski definition) is 5. The SMILES string of the molecule is NC(=O)N(O)Cc1ccc(C(OCc2cccnc2)c2cc3ccccc3s2)cc1. The number of ether oxygens (including phenoxy) is 1. The summed E-state index contributed by atoms with van der Waals surface area (Å²) in [6.07, 6.45) is 3.28. The minimum atomic E-state index is -0.887. The molecule has 0 aliphatic rings. The molecule has 1 atom stereocenters. The van der Waals surface area contributed by atoms with Crippen LogP contribution in [0.25, 0.3) is 10.1 Å². The second-order valence-corrected chi connectivity index (χ2v) is 7.99. The normalized spacial score (nSPS) is 12.0. The molecule has 7 heteroatoms. The topological polar surface area (TPSA) is 88.7 Å². The number of hydroxylamine groups is 2. The van der Waals surface area contributed by atoms with Crippen LogP contribution in [0.3, 0.4) is 0 Å². The number of thiophene rings is 1. The smallest absolute Gasteiger partial charge is 0.338 e. The van der Waals surface area contributed by atoms with Crippen LogP contribution in [0.15, 0.2) is 79.1 Å². The number of pyridine rings is 1. The van der Waals surface area contributed by atoms with Crippen molar-refractivity contribution in [3.05, 3.63) is 101 Å². The monoisotopic (exact) mass is 419 g/mol. The molecule has 2 aromatic heterocycles. The summed E-state index contributed by atoms with van der Waals surface area (Å²) in [6, 6.07) is 21.0. The third-order valence-electron chi connectivity index (χ3n) is 4.71. The van der Waals surface area contributed by atoms with Crippen LogP contribution >= 0.6 is 11.3 Å². The zero-order valence-electron chi connectivity index (χ0n) is 16.1. The minimum absolute atomic E-state index is 0.0275. The standard InChI is InChI=1S/C23H21N3O3S/c24-23(27)26(28)14-16-7-9-18(10-8-16)22(29-15-17-4-3-11-25-13-17)21-12-19-5-1-2-6-20(19)30-21/h1-13,22,28H,14-15H2,(H2,24,27). The number of nitrogens with zero attached hydrogens (tertiary/aromatic N) is 2. The van der Waals surface area contributed by atoms with Crippen molar-refractivity contribution < 1.29 is 14.7 Å². The van der Waals surface area contributed by atoms with Crippen molar-refractivity contribution in [2.45, 2.75) is 19.3 Å². The summed E-state index contributed by atoms with van der Waals surface area (Å²) in [6.45, 7) is 0.459. The van der Waals surface area contributed by atoms with Gasteiger partial charge in [0.05, 0.1) is 13.2 Å². The number of hydrogen-bond donors (Lipinski definition) is 2. The van der Waals surface area contributed by atoms with Gasteiger partial charge in [-0.2, -0.15) is 0 Å². The maximum atomic E-state index is 11.0. The van der Waals surface area contributed by atoms with E-state index >= 15 is 0 Å². The summed E-state index contributed by atoms with van der Waals surface area (Å²) in [5.41, 5.74) is 7.83. The molecule has 4 rings (SSSR count). The summed E-state index contributed by atoms with van der Waals surface area (Å²) in [5, 5.41) is 11.2. The first-order valence-corrected chi connectivity index (χ1v) is 10.3. The summed E-state index contributed by atoms with van der Waals surface area (Å²) >= 11 is 1.70. The molecule has 0 spiro atoms. The Bertz CT molecular complexity index is 1100. The zero-order chi connectivity index (χ0) is 20.9. The van der Waals surface area contributed by atoms with E-state index < -0.39 is 6.03 Å². The van der Waals surface area contributed by atoms with Crippen LogP contribution in [-0.4, -0.2) is 21.3 Å². The van der Waals surface area contributed by atoms with Crippen molar-refractivity contribution in [2.24, 2.45) is 5.73 Å². The molecule has 2 heterocycles. The first kappa shape index (κ1) is 20.0. The largest absolute Gasteiger partial charge is 0.363 e. The predicted octanol–water partition coefficient (Wildman–Crippen LogP) is 4.87. The molecule has 3 N–H and O–H groups in total. The van der Waals surface area contributed by atoms with Gasteiger partial charge in [0.25, 0.3) is 0 Å². The highest BCUT2D eigenvalue weighted by molar-refractivity contribution is 7.19. The van der Waals surface area contributed by atoms with Crippen LogP contribution in [0.4, 0.5) is 4.79 Å². The Morgan fingerprint density at radius 3 is 2.60 bits per heavy atom. The summed E-state index contributed by atoms with van der Waals surface area (Å²) in [7, 11) is 0. The Labute approximate surface area is 178 Å². The number of amides is 2. The number of aromatic nitrogens is 1. The zero-order valence-corrected chi connectivity index (χ0v) is 17.0. The number of carbonyl (C=O) groups is 1. The van der Waals surface area contributed by atoms with Crippen LogP contribution in [0.1, 0.15) is 27.7 Å². The van der Waals surface area contributed by atoms with Gasteiger partial charge in [0.1, 0.15) is 6.10 Å². The molecule has 0 fully saturated rings. The van der Waals surface area contributed by atoms with Crippen molar-refractivity contribution in [3.63, 3.8) is 0 Å². The van der Waals surface area contributed by atoms with Crippen LogP contribution in [0, 0.1) is 0 Å². The number of rotatable bonds is 7.